The Morgan fingerprint density at radius 3 is 2.03 bits per heavy atom. The van der Waals surface area contributed by atoms with E-state index in [1.54, 1.807) is 36.4 Å². The summed E-state index contributed by atoms with van der Waals surface area (Å²) in [5.74, 6) is -0.00896. The zero-order valence-corrected chi connectivity index (χ0v) is 22.1. The van der Waals surface area contributed by atoms with E-state index in [4.69, 9.17) is 4.74 Å². The van der Waals surface area contributed by atoms with Crippen molar-refractivity contribution in [1.29, 1.82) is 0 Å². The number of rotatable bonds is 9. The predicted octanol–water partition coefficient (Wildman–Crippen LogP) is 2.24. The van der Waals surface area contributed by atoms with E-state index in [0.29, 0.717) is 51.2 Å². The Morgan fingerprint density at radius 2 is 1.42 bits per heavy atom. The Hall–Kier alpha value is -2.47. The quantitative estimate of drug-likeness (QED) is 0.527. The Labute approximate surface area is 213 Å². The first-order valence-electron chi connectivity index (χ1n) is 12.2. The molecule has 196 valence electrons. The minimum absolute atomic E-state index is 0.142. The number of carbonyl (C=O) groups excluding carboxylic acids is 1. The van der Waals surface area contributed by atoms with E-state index >= 15 is 0 Å². The van der Waals surface area contributed by atoms with Crippen LogP contribution in [0, 0.1) is 5.92 Å². The highest BCUT2D eigenvalue weighted by Gasteiger charge is 2.33. The Morgan fingerprint density at radius 1 is 0.861 bits per heavy atom. The molecule has 1 amide bonds. The molecule has 2 aromatic carbocycles. The number of benzene rings is 2. The Bertz CT molecular complexity index is 1260. The van der Waals surface area contributed by atoms with E-state index in [0.717, 1.165) is 18.4 Å². The van der Waals surface area contributed by atoms with Gasteiger partial charge in [0.25, 0.3) is 0 Å². The number of nitrogens with zero attached hydrogens (tertiary/aromatic N) is 2. The molecule has 0 aliphatic carbocycles. The maximum absolute atomic E-state index is 13.0. The fourth-order valence-electron chi connectivity index (χ4n) is 4.65. The lowest BCUT2D eigenvalue weighted by molar-refractivity contribution is -0.126. The van der Waals surface area contributed by atoms with Crippen LogP contribution in [0.25, 0.3) is 0 Å². The van der Waals surface area contributed by atoms with E-state index in [1.165, 1.54) is 27.9 Å². The molecule has 2 heterocycles. The number of carbonyl (C=O) groups is 1. The summed E-state index contributed by atoms with van der Waals surface area (Å²) in [6.07, 6.45) is 3.58. The van der Waals surface area contributed by atoms with E-state index in [-0.39, 0.29) is 22.2 Å². The zero-order chi connectivity index (χ0) is 25.8. The monoisotopic (exact) mass is 535 g/mol. The molecule has 1 N–H and O–H groups in total. The molecule has 36 heavy (non-hydrogen) atoms. The number of hydrogen-bond donors (Lipinski definition) is 1. The fourth-order valence-corrected chi connectivity index (χ4v) is 7.69. The van der Waals surface area contributed by atoms with Gasteiger partial charge in [-0.3, -0.25) is 4.79 Å². The highest BCUT2D eigenvalue weighted by molar-refractivity contribution is 7.89. The van der Waals surface area contributed by atoms with Crippen molar-refractivity contribution in [3.8, 4) is 5.75 Å². The van der Waals surface area contributed by atoms with Gasteiger partial charge >= 0.3 is 0 Å². The van der Waals surface area contributed by atoms with Gasteiger partial charge in [-0.2, -0.15) is 8.61 Å². The Kier molecular flexibility index (Phi) is 8.34. The number of amides is 1. The summed E-state index contributed by atoms with van der Waals surface area (Å²) in [5, 5.41) is 2.91. The number of hydrogen-bond acceptors (Lipinski definition) is 6. The molecule has 0 spiro atoms. The van der Waals surface area contributed by atoms with Crippen molar-refractivity contribution in [3.63, 3.8) is 0 Å². The molecule has 2 aromatic rings. The average molecular weight is 536 g/mol. The van der Waals surface area contributed by atoms with Gasteiger partial charge < -0.3 is 10.1 Å². The number of piperidine rings is 1. The van der Waals surface area contributed by atoms with Gasteiger partial charge in [-0.25, -0.2) is 16.8 Å². The normalized spacial score (nSPS) is 19.8. The predicted molar refractivity (Wildman–Crippen MR) is 136 cm³/mol. The molecule has 2 fully saturated rings. The van der Waals surface area contributed by atoms with Crippen LogP contribution in [0.4, 0.5) is 0 Å². The summed E-state index contributed by atoms with van der Waals surface area (Å²) >= 11 is 0. The molecule has 9 nitrogen and oxygen atoms in total. The highest BCUT2D eigenvalue weighted by atomic mass is 32.2. The van der Waals surface area contributed by atoms with Crippen LogP contribution in [0.1, 0.15) is 31.2 Å². The lowest BCUT2D eigenvalue weighted by Crippen LogP contribution is -2.45. The molecule has 11 heteroatoms. The van der Waals surface area contributed by atoms with E-state index in [2.05, 4.69) is 5.32 Å². The third-order valence-corrected chi connectivity index (χ3v) is 10.6. The van der Waals surface area contributed by atoms with Crippen LogP contribution in [0.3, 0.4) is 0 Å². The number of nitrogens with one attached hydrogen (secondary N) is 1. The summed E-state index contributed by atoms with van der Waals surface area (Å²) in [4.78, 5) is 13.2. The molecule has 4 rings (SSSR count). The minimum Gasteiger partial charge on any atom is -0.497 e. The summed E-state index contributed by atoms with van der Waals surface area (Å²) < 4.78 is 59.4. The van der Waals surface area contributed by atoms with Crippen molar-refractivity contribution < 1.29 is 26.4 Å². The van der Waals surface area contributed by atoms with Gasteiger partial charge in [0.05, 0.1) is 22.8 Å². The van der Waals surface area contributed by atoms with Crippen LogP contribution in [0.15, 0.2) is 58.3 Å². The largest absolute Gasteiger partial charge is 0.497 e. The third kappa shape index (κ3) is 5.91. The first-order valence-corrected chi connectivity index (χ1v) is 15.1. The number of methoxy groups -OCH3 is 1. The van der Waals surface area contributed by atoms with Crippen molar-refractivity contribution in [3.05, 3.63) is 54.1 Å². The van der Waals surface area contributed by atoms with Crippen LogP contribution in [-0.4, -0.2) is 71.2 Å². The van der Waals surface area contributed by atoms with Gasteiger partial charge in [-0.15, -0.1) is 0 Å². The van der Waals surface area contributed by atoms with Crippen LogP contribution >= 0.6 is 0 Å². The third-order valence-electron chi connectivity index (χ3n) is 6.79. The van der Waals surface area contributed by atoms with Gasteiger partial charge in [-0.1, -0.05) is 12.1 Å². The molecule has 2 aliphatic heterocycles. The maximum Gasteiger partial charge on any atom is 0.243 e. The molecule has 1 unspecified atom stereocenters. The van der Waals surface area contributed by atoms with Crippen LogP contribution < -0.4 is 10.1 Å². The van der Waals surface area contributed by atoms with E-state index < -0.39 is 26.0 Å². The summed E-state index contributed by atoms with van der Waals surface area (Å²) in [6.45, 7) is 2.04. The molecule has 0 saturated carbocycles. The van der Waals surface area contributed by atoms with E-state index in [1.807, 2.05) is 0 Å². The standard InChI is InChI=1S/C25H33N3O6S2/c1-34-22-8-12-24(13-9-22)36(32,33)28-18-4-5-21(19-28)25(29)26-15-14-20-6-10-23(11-7-20)35(30,31)27-16-2-3-17-27/h6-13,21H,2-5,14-19H2,1H3,(H,26,29). The summed E-state index contributed by atoms with van der Waals surface area (Å²) in [5.41, 5.74) is 0.919. The van der Waals surface area contributed by atoms with Crippen molar-refractivity contribution in [2.75, 3.05) is 39.8 Å². The lowest BCUT2D eigenvalue weighted by atomic mass is 9.99. The molecular formula is C25H33N3O6S2. The average Bonchev–Trinajstić information content (AvgIpc) is 3.45. The van der Waals surface area contributed by atoms with Crippen molar-refractivity contribution in [1.82, 2.24) is 13.9 Å². The first kappa shape index (κ1) is 26.6. The number of ether oxygens (including phenoxy) is 1. The van der Waals surface area contributed by atoms with E-state index in [9.17, 15) is 21.6 Å². The van der Waals surface area contributed by atoms with Crippen LogP contribution in [0.2, 0.25) is 0 Å². The van der Waals surface area contributed by atoms with Gasteiger partial charge in [0.15, 0.2) is 0 Å². The highest BCUT2D eigenvalue weighted by Crippen LogP contribution is 2.25. The second-order valence-electron chi connectivity index (χ2n) is 9.17. The van der Waals surface area contributed by atoms with Crippen molar-refractivity contribution in [2.45, 2.75) is 41.9 Å². The first-order chi connectivity index (χ1) is 17.2. The second-order valence-corrected chi connectivity index (χ2v) is 13.0. The lowest BCUT2D eigenvalue weighted by Gasteiger charge is -2.31. The molecule has 0 aromatic heterocycles. The summed E-state index contributed by atoms with van der Waals surface area (Å²) in [6, 6.07) is 13.0. The minimum atomic E-state index is -3.69. The molecule has 2 aliphatic rings. The molecule has 2 saturated heterocycles. The molecule has 1 atom stereocenters. The van der Waals surface area contributed by atoms with Crippen LogP contribution in [0.5, 0.6) is 5.75 Å². The van der Waals surface area contributed by atoms with Gasteiger partial charge in [0.2, 0.25) is 26.0 Å². The molecule has 0 bridgehead atoms. The molecular weight excluding hydrogens is 502 g/mol. The zero-order valence-electron chi connectivity index (χ0n) is 20.4. The van der Waals surface area contributed by atoms with Gasteiger partial charge in [-0.05, 0) is 74.1 Å². The summed E-state index contributed by atoms with van der Waals surface area (Å²) in [7, 11) is -5.62. The Balaban J connectivity index is 1.29. The number of sulfonamides is 2. The van der Waals surface area contributed by atoms with Gasteiger partial charge in [0, 0.05) is 32.7 Å². The van der Waals surface area contributed by atoms with Gasteiger partial charge in [0.1, 0.15) is 5.75 Å². The smallest absolute Gasteiger partial charge is 0.243 e. The van der Waals surface area contributed by atoms with Crippen LogP contribution in [-0.2, 0) is 31.3 Å². The van der Waals surface area contributed by atoms with Crippen molar-refractivity contribution in [2.24, 2.45) is 5.92 Å². The fraction of sp³-hybridized carbons (Fsp3) is 0.480. The topological polar surface area (TPSA) is 113 Å². The maximum atomic E-state index is 13.0. The SMILES string of the molecule is COc1ccc(S(=O)(=O)N2CCCC(C(=O)NCCc3ccc(S(=O)(=O)N4CCCC4)cc3)C2)cc1. The molecule has 0 radical (unpaired) electrons. The second kappa shape index (κ2) is 11.3. The van der Waals surface area contributed by atoms with Crippen molar-refractivity contribution >= 4 is 26.0 Å².